The molecule has 0 bridgehead atoms. The SMILES string of the molecule is CCN1CC(C(=O)N2CCC(Cc3cccnc3)CC2)CC1=O. The summed E-state index contributed by atoms with van der Waals surface area (Å²) in [4.78, 5) is 32.3. The molecule has 0 radical (unpaired) electrons. The van der Waals surface area contributed by atoms with Gasteiger partial charge in [0.25, 0.3) is 0 Å². The first-order valence-corrected chi connectivity index (χ1v) is 8.62. The zero-order valence-electron chi connectivity index (χ0n) is 13.8. The molecule has 23 heavy (non-hydrogen) atoms. The fourth-order valence-electron chi connectivity index (χ4n) is 3.71. The molecule has 5 heteroatoms. The normalized spacial score (nSPS) is 22.7. The van der Waals surface area contributed by atoms with Crippen molar-refractivity contribution < 1.29 is 9.59 Å². The predicted octanol–water partition coefficient (Wildman–Crippen LogP) is 1.73. The van der Waals surface area contributed by atoms with E-state index in [0.29, 0.717) is 25.4 Å². The molecule has 0 aliphatic carbocycles. The summed E-state index contributed by atoms with van der Waals surface area (Å²) < 4.78 is 0. The lowest BCUT2D eigenvalue weighted by Gasteiger charge is -2.33. The topological polar surface area (TPSA) is 53.5 Å². The van der Waals surface area contributed by atoms with Crippen molar-refractivity contribution >= 4 is 11.8 Å². The lowest BCUT2D eigenvalue weighted by atomic mass is 9.90. The van der Waals surface area contributed by atoms with Crippen LogP contribution in [0, 0.1) is 11.8 Å². The Hall–Kier alpha value is -1.91. The van der Waals surface area contributed by atoms with Crippen molar-refractivity contribution in [3.05, 3.63) is 30.1 Å². The van der Waals surface area contributed by atoms with Crippen molar-refractivity contribution in [1.29, 1.82) is 0 Å². The summed E-state index contributed by atoms with van der Waals surface area (Å²) in [5.74, 6) is 0.796. The van der Waals surface area contributed by atoms with Gasteiger partial charge >= 0.3 is 0 Å². The highest BCUT2D eigenvalue weighted by Gasteiger charge is 2.36. The van der Waals surface area contributed by atoms with E-state index in [-0.39, 0.29) is 17.7 Å². The van der Waals surface area contributed by atoms with Gasteiger partial charge < -0.3 is 9.80 Å². The Morgan fingerprint density at radius 1 is 1.35 bits per heavy atom. The number of carbonyl (C=O) groups is 2. The second-order valence-corrected chi connectivity index (χ2v) is 6.67. The molecule has 0 aromatic carbocycles. The maximum absolute atomic E-state index is 12.6. The number of hydrogen-bond acceptors (Lipinski definition) is 3. The van der Waals surface area contributed by atoms with E-state index in [1.165, 1.54) is 5.56 Å². The van der Waals surface area contributed by atoms with Crippen molar-refractivity contribution in [3.63, 3.8) is 0 Å². The van der Waals surface area contributed by atoms with Gasteiger partial charge in [0, 0.05) is 45.0 Å². The van der Waals surface area contributed by atoms with Gasteiger partial charge in [0.1, 0.15) is 0 Å². The number of amides is 2. The van der Waals surface area contributed by atoms with Crippen LogP contribution in [0.15, 0.2) is 24.5 Å². The molecule has 124 valence electrons. The molecular formula is C18H25N3O2. The van der Waals surface area contributed by atoms with Crippen LogP contribution in [0.25, 0.3) is 0 Å². The van der Waals surface area contributed by atoms with Gasteiger partial charge in [0.05, 0.1) is 5.92 Å². The molecular weight excluding hydrogens is 290 g/mol. The number of piperidine rings is 1. The zero-order valence-corrected chi connectivity index (χ0v) is 13.8. The first-order chi connectivity index (χ1) is 11.2. The van der Waals surface area contributed by atoms with E-state index in [2.05, 4.69) is 11.1 Å². The van der Waals surface area contributed by atoms with Crippen molar-refractivity contribution in [3.8, 4) is 0 Å². The first kappa shape index (κ1) is 16.0. The van der Waals surface area contributed by atoms with Crippen molar-refractivity contribution in [2.45, 2.75) is 32.6 Å². The van der Waals surface area contributed by atoms with Gasteiger partial charge in [-0.1, -0.05) is 6.07 Å². The number of aromatic nitrogens is 1. The van der Waals surface area contributed by atoms with Crippen LogP contribution in [0.3, 0.4) is 0 Å². The summed E-state index contributed by atoms with van der Waals surface area (Å²) in [7, 11) is 0. The molecule has 1 aromatic rings. The van der Waals surface area contributed by atoms with Crippen molar-refractivity contribution in [1.82, 2.24) is 14.8 Å². The summed E-state index contributed by atoms with van der Waals surface area (Å²) in [6, 6.07) is 4.10. The Balaban J connectivity index is 1.49. The number of carbonyl (C=O) groups excluding carboxylic acids is 2. The van der Waals surface area contributed by atoms with Gasteiger partial charge in [-0.25, -0.2) is 0 Å². The van der Waals surface area contributed by atoms with E-state index in [0.717, 1.165) is 32.4 Å². The Kier molecular flexibility index (Phi) is 4.94. The minimum Gasteiger partial charge on any atom is -0.342 e. The van der Waals surface area contributed by atoms with Gasteiger partial charge in [-0.2, -0.15) is 0 Å². The standard InChI is InChI=1S/C18H25N3O2/c1-2-20-13-16(11-17(20)22)18(23)21-8-5-14(6-9-21)10-15-4-3-7-19-12-15/h3-4,7,12,14,16H,2,5-6,8-11,13H2,1H3. The maximum Gasteiger partial charge on any atom is 0.227 e. The maximum atomic E-state index is 12.6. The molecule has 2 aliphatic rings. The molecule has 1 atom stereocenters. The van der Waals surface area contributed by atoms with E-state index in [1.807, 2.05) is 24.1 Å². The number of likely N-dealkylation sites (tertiary alicyclic amines) is 2. The van der Waals surface area contributed by atoms with E-state index in [1.54, 1.807) is 11.1 Å². The van der Waals surface area contributed by atoms with Crippen LogP contribution in [0.4, 0.5) is 0 Å². The number of nitrogens with zero attached hydrogens (tertiary/aromatic N) is 3. The van der Waals surface area contributed by atoms with Gasteiger partial charge in [0.2, 0.25) is 11.8 Å². The molecule has 3 heterocycles. The third-order valence-corrected chi connectivity index (χ3v) is 5.12. The van der Waals surface area contributed by atoms with Crippen LogP contribution in [-0.4, -0.2) is 52.8 Å². The highest BCUT2D eigenvalue weighted by molar-refractivity contribution is 5.89. The van der Waals surface area contributed by atoms with Crippen LogP contribution < -0.4 is 0 Å². The third-order valence-electron chi connectivity index (χ3n) is 5.12. The Morgan fingerprint density at radius 3 is 2.74 bits per heavy atom. The average Bonchev–Trinajstić information content (AvgIpc) is 2.97. The first-order valence-electron chi connectivity index (χ1n) is 8.62. The van der Waals surface area contributed by atoms with E-state index >= 15 is 0 Å². The van der Waals surface area contributed by atoms with E-state index < -0.39 is 0 Å². The monoisotopic (exact) mass is 315 g/mol. The van der Waals surface area contributed by atoms with E-state index in [4.69, 9.17) is 0 Å². The molecule has 1 aromatic heterocycles. The van der Waals surface area contributed by atoms with Crippen LogP contribution >= 0.6 is 0 Å². The third kappa shape index (κ3) is 3.71. The Labute approximate surface area is 137 Å². The highest BCUT2D eigenvalue weighted by Crippen LogP contribution is 2.25. The molecule has 2 fully saturated rings. The van der Waals surface area contributed by atoms with Crippen LogP contribution in [0.1, 0.15) is 31.7 Å². The minimum atomic E-state index is -0.127. The predicted molar refractivity (Wildman–Crippen MR) is 87.6 cm³/mol. The molecule has 0 saturated carbocycles. The fourth-order valence-corrected chi connectivity index (χ4v) is 3.71. The lowest BCUT2D eigenvalue weighted by molar-refractivity contribution is -0.137. The molecule has 2 saturated heterocycles. The number of rotatable bonds is 4. The fraction of sp³-hybridized carbons (Fsp3) is 0.611. The second kappa shape index (κ2) is 7.11. The summed E-state index contributed by atoms with van der Waals surface area (Å²) >= 11 is 0. The van der Waals surface area contributed by atoms with Gasteiger partial charge in [-0.05, 0) is 43.7 Å². The average molecular weight is 315 g/mol. The van der Waals surface area contributed by atoms with Crippen molar-refractivity contribution in [2.75, 3.05) is 26.2 Å². The van der Waals surface area contributed by atoms with Gasteiger partial charge in [0.15, 0.2) is 0 Å². The molecule has 2 aliphatic heterocycles. The van der Waals surface area contributed by atoms with Crippen LogP contribution in [0.2, 0.25) is 0 Å². The minimum absolute atomic E-state index is 0.123. The molecule has 3 rings (SSSR count). The summed E-state index contributed by atoms with van der Waals surface area (Å²) in [5.41, 5.74) is 1.28. The van der Waals surface area contributed by atoms with Crippen molar-refractivity contribution in [2.24, 2.45) is 11.8 Å². The summed E-state index contributed by atoms with van der Waals surface area (Å²) in [6.45, 7) is 4.91. The Morgan fingerprint density at radius 2 is 2.13 bits per heavy atom. The zero-order chi connectivity index (χ0) is 16.2. The Bertz CT molecular complexity index is 553. The van der Waals surface area contributed by atoms with E-state index in [9.17, 15) is 9.59 Å². The molecule has 2 amide bonds. The second-order valence-electron chi connectivity index (χ2n) is 6.67. The van der Waals surface area contributed by atoms with Gasteiger partial charge in [-0.3, -0.25) is 14.6 Å². The van der Waals surface area contributed by atoms with Gasteiger partial charge in [-0.15, -0.1) is 0 Å². The molecule has 1 unspecified atom stereocenters. The smallest absolute Gasteiger partial charge is 0.227 e. The largest absolute Gasteiger partial charge is 0.342 e. The molecule has 0 spiro atoms. The highest BCUT2D eigenvalue weighted by atomic mass is 16.2. The summed E-state index contributed by atoms with van der Waals surface area (Å²) in [5, 5.41) is 0. The molecule has 0 N–H and O–H groups in total. The lowest BCUT2D eigenvalue weighted by Crippen LogP contribution is -2.42. The number of pyridine rings is 1. The van der Waals surface area contributed by atoms with Crippen LogP contribution in [-0.2, 0) is 16.0 Å². The summed E-state index contributed by atoms with van der Waals surface area (Å²) in [6.07, 6.45) is 7.25. The number of hydrogen-bond donors (Lipinski definition) is 0. The molecule has 5 nitrogen and oxygen atoms in total. The van der Waals surface area contributed by atoms with Crippen LogP contribution in [0.5, 0.6) is 0 Å². The quantitative estimate of drug-likeness (QED) is 0.850.